The third kappa shape index (κ3) is 6.55. The van der Waals surface area contributed by atoms with Crippen LogP contribution in [-0.4, -0.2) is 37.0 Å². The lowest BCUT2D eigenvalue weighted by Crippen LogP contribution is -2.29. The highest BCUT2D eigenvalue weighted by Crippen LogP contribution is 1.97. The summed E-state index contributed by atoms with van der Waals surface area (Å²) in [7, 11) is 1.65. The summed E-state index contributed by atoms with van der Waals surface area (Å²) in [4.78, 5) is 23.8. The Morgan fingerprint density at radius 1 is 1.40 bits per heavy atom. The zero-order chi connectivity index (χ0) is 11.7. The average Bonchev–Trinajstić information content (AvgIpc) is 2.22. The van der Waals surface area contributed by atoms with Crippen LogP contribution in [0.3, 0.4) is 0 Å². The Kier molecular flexibility index (Phi) is 7.08. The number of ether oxygens (including phenoxy) is 1. The average molecular weight is 211 g/mol. The van der Waals surface area contributed by atoms with Gasteiger partial charge in [0, 0.05) is 26.4 Å². The Bertz CT molecular complexity index is 255. The lowest BCUT2D eigenvalue weighted by atomic mass is 10.3. The third-order valence-electron chi connectivity index (χ3n) is 1.87. The molecule has 0 rings (SSSR count). The van der Waals surface area contributed by atoms with Gasteiger partial charge in [-0.15, -0.1) is 12.3 Å². The van der Waals surface area contributed by atoms with E-state index in [-0.39, 0.29) is 18.3 Å². The van der Waals surface area contributed by atoms with E-state index in [0.717, 1.165) is 0 Å². The molecule has 0 aliphatic rings. The van der Waals surface area contributed by atoms with Crippen molar-refractivity contribution in [2.24, 2.45) is 0 Å². The van der Waals surface area contributed by atoms with E-state index in [0.29, 0.717) is 26.0 Å². The molecule has 15 heavy (non-hydrogen) atoms. The summed E-state index contributed by atoms with van der Waals surface area (Å²) in [5.74, 6) is 2.07. The minimum Gasteiger partial charge on any atom is -0.466 e. The number of esters is 1. The van der Waals surface area contributed by atoms with Crippen LogP contribution in [0.1, 0.15) is 26.2 Å². The van der Waals surface area contributed by atoms with Crippen molar-refractivity contribution < 1.29 is 14.3 Å². The summed E-state index contributed by atoms with van der Waals surface area (Å²) in [6.07, 6.45) is 6.03. The maximum atomic E-state index is 11.4. The van der Waals surface area contributed by atoms with Gasteiger partial charge in [-0.05, 0) is 6.92 Å². The highest BCUT2D eigenvalue weighted by atomic mass is 16.5. The van der Waals surface area contributed by atoms with Crippen molar-refractivity contribution in [1.82, 2.24) is 4.90 Å². The second-order valence-electron chi connectivity index (χ2n) is 3.07. The lowest BCUT2D eigenvalue weighted by molar-refractivity contribution is -0.143. The van der Waals surface area contributed by atoms with Gasteiger partial charge in [0.2, 0.25) is 5.91 Å². The Morgan fingerprint density at radius 2 is 2.07 bits per heavy atom. The van der Waals surface area contributed by atoms with Crippen molar-refractivity contribution in [1.29, 1.82) is 0 Å². The summed E-state index contributed by atoms with van der Waals surface area (Å²) in [6, 6.07) is 0. The van der Waals surface area contributed by atoms with Crippen molar-refractivity contribution in [2.75, 3.05) is 20.2 Å². The predicted molar refractivity (Wildman–Crippen MR) is 57.0 cm³/mol. The Labute approximate surface area is 90.6 Å². The van der Waals surface area contributed by atoms with Crippen molar-refractivity contribution >= 4 is 11.9 Å². The molecule has 0 saturated heterocycles. The van der Waals surface area contributed by atoms with Crippen LogP contribution in [0.2, 0.25) is 0 Å². The van der Waals surface area contributed by atoms with E-state index in [1.165, 1.54) is 4.90 Å². The fourth-order valence-corrected chi connectivity index (χ4v) is 0.987. The molecule has 0 aliphatic heterocycles. The minimum atomic E-state index is -0.283. The molecule has 0 aliphatic carbocycles. The highest BCUT2D eigenvalue weighted by Gasteiger charge is 2.10. The first-order chi connectivity index (χ1) is 7.11. The molecular weight excluding hydrogens is 194 g/mol. The maximum absolute atomic E-state index is 11.4. The van der Waals surface area contributed by atoms with Gasteiger partial charge in [0.25, 0.3) is 0 Å². The Morgan fingerprint density at radius 3 is 2.60 bits per heavy atom. The zero-order valence-electron chi connectivity index (χ0n) is 9.28. The van der Waals surface area contributed by atoms with Crippen molar-refractivity contribution in [3.8, 4) is 12.3 Å². The van der Waals surface area contributed by atoms with Crippen LogP contribution in [0, 0.1) is 12.3 Å². The zero-order valence-corrected chi connectivity index (χ0v) is 9.28. The van der Waals surface area contributed by atoms with E-state index in [1.807, 2.05) is 0 Å². The molecule has 0 aromatic carbocycles. The first-order valence-electron chi connectivity index (χ1n) is 4.94. The van der Waals surface area contributed by atoms with E-state index >= 15 is 0 Å². The van der Waals surface area contributed by atoms with Gasteiger partial charge in [-0.25, -0.2) is 0 Å². The number of carbonyl (C=O) groups is 2. The van der Waals surface area contributed by atoms with E-state index in [4.69, 9.17) is 11.2 Å². The smallest absolute Gasteiger partial charge is 0.307 e. The molecular formula is C11H17NO3. The molecule has 0 spiro atoms. The molecule has 0 bridgehead atoms. The van der Waals surface area contributed by atoms with Crippen molar-refractivity contribution in [2.45, 2.75) is 26.2 Å². The van der Waals surface area contributed by atoms with Crippen LogP contribution in [0.15, 0.2) is 0 Å². The van der Waals surface area contributed by atoms with Gasteiger partial charge >= 0.3 is 5.97 Å². The molecule has 0 aromatic heterocycles. The monoisotopic (exact) mass is 211 g/mol. The fraction of sp³-hybridized carbons (Fsp3) is 0.636. The van der Waals surface area contributed by atoms with Gasteiger partial charge in [-0.1, -0.05) is 0 Å². The molecule has 84 valence electrons. The number of terminal acetylenes is 1. The summed E-state index contributed by atoms with van der Waals surface area (Å²) < 4.78 is 4.74. The number of rotatable bonds is 6. The first kappa shape index (κ1) is 13.5. The number of hydrogen-bond acceptors (Lipinski definition) is 3. The quantitative estimate of drug-likeness (QED) is 0.482. The van der Waals surface area contributed by atoms with Crippen molar-refractivity contribution in [3.05, 3.63) is 0 Å². The van der Waals surface area contributed by atoms with Crippen LogP contribution in [0.5, 0.6) is 0 Å². The maximum Gasteiger partial charge on any atom is 0.307 e. The Hall–Kier alpha value is -1.50. The topological polar surface area (TPSA) is 46.6 Å². The SMILES string of the molecule is C#CCCC(=O)N(C)CCC(=O)OCC. The molecule has 0 saturated carbocycles. The van der Waals surface area contributed by atoms with Crippen LogP contribution >= 0.6 is 0 Å². The number of hydrogen-bond donors (Lipinski definition) is 0. The van der Waals surface area contributed by atoms with Gasteiger partial charge < -0.3 is 9.64 Å². The molecule has 0 fully saturated rings. The normalized spacial score (nSPS) is 9.13. The predicted octanol–water partition coefficient (Wildman–Crippen LogP) is 0.811. The number of nitrogens with zero attached hydrogens (tertiary/aromatic N) is 1. The summed E-state index contributed by atoms with van der Waals surface area (Å²) in [5, 5.41) is 0. The summed E-state index contributed by atoms with van der Waals surface area (Å²) in [6.45, 7) is 2.50. The van der Waals surface area contributed by atoms with Crippen LogP contribution < -0.4 is 0 Å². The second kappa shape index (κ2) is 7.86. The van der Waals surface area contributed by atoms with Crippen LogP contribution in [0.4, 0.5) is 0 Å². The summed E-state index contributed by atoms with van der Waals surface area (Å²) in [5.41, 5.74) is 0. The van der Waals surface area contributed by atoms with E-state index in [2.05, 4.69) is 5.92 Å². The first-order valence-corrected chi connectivity index (χ1v) is 4.94. The van der Waals surface area contributed by atoms with Crippen LogP contribution in [-0.2, 0) is 14.3 Å². The van der Waals surface area contributed by atoms with Gasteiger partial charge in [0.15, 0.2) is 0 Å². The molecule has 0 radical (unpaired) electrons. The summed E-state index contributed by atoms with van der Waals surface area (Å²) >= 11 is 0. The van der Waals surface area contributed by atoms with Crippen LogP contribution in [0.25, 0.3) is 0 Å². The molecule has 0 unspecified atom stereocenters. The van der Waals surface area contributed by atoms with E-state index < -0.39 is 0 Å². The molecule has 4 nitrogen and oxygen atoms in total. The minimum absolute atomic E-state index is 0.0442. The van der Waals surface area contributed by atoms with E-state index in [9.17, 15) is 9.59 Å². The molecule has 0 heterocycles. The number of amides is 1. The lowest BCUT2D eigenvalue weighted by Gasteiger charge is -2.15. The molecule has 0 atom stereocenters. The fourth-order valence-electron chi connectivity index (χ4n) is 0.987. The van der Waals surface area contributed by atoms with Gasteiger partial charge in [0.1, 0.15) is 0 Å². The second-order valence-corrected chi connectivity index (χ2v) is 3.07. The number of carbonyl (C=O) groups excluding carboxylic acids is 2. The van der Waals surface area contributed by atoms with Gasteiger partial charge in [-0.2, -0.15) is 0 Å². The highest BCUT2D eigenvalue weighted by molar-refractivity contribution is 5.77. The molecule has 0 aromatic rings. The van der Waals surface area contributed by atoms with Gasteiger partial charge in [0.05, 0.1) is 13.0 Å². The third-order valence-corrected chi connectivity index (χ3v) is 1.87. The molecule has 4 heteroatoms. The van der Waals surface area contributed by atoms with Crippen molar-refractivity contribution in [3.63, 3.8) is 0 Å². The standard InChI is InChI=1S/C11H17NO3/c1-4-6-7-10(13)12(3)9-8-11(14)15-5-2/h1H,5-9H2,2-3H3. The van der Waals surface area contributed by atoms with E-state index in [1.54, 1.807) is 14.0 Å². The molecule has 1 amide bonds. The largest absolute Gasteiger partial charge is 0.466 e. The molecule has 0 N–H and O–H groups in total. The van der Waals surface area contributed by atoms with Gasteiger partial charge in [-0.3, -0.25) is 9.59 Å². The Balaban J connectivity index is 3.73.